The minimum atomic E-state index is -3.56. The van der Waals surface area contributed by atoms with E-state index in [4.69, 9.17) is 5.26 Å². The number of nitriles is 1. The van der Waals surface area contributed by atoms with E-state index in [1.165, 1.54) is 4.90 Å². The molecule has 120 valence electrons. The Morgan fingerprint density at radius 2 is 2.19 bits per heavy atom. The number of nitrogens with zero attached hydrogens (tertiary/aromatic N) is 2. The van der Waals surface area contributed by atoms with Crippen LogP contribution in [0.3, 0.4) is 0 Å². The van der Waals surface area contributed by atoms with Gasteiger partial charge in [0.2, 0.25) is 5.91 Å². The largest absolute Gasteiger partial charge is 0.323 e. The van der Waals surface area contributed by atoms with E-state index in [2.05, 4.69) is 9.50 Å². The first kappa shape index (κ1) is 17.8. The molecule has 7 nitrogen and oxygen atoms in total. The first-order valence-corrected chi connectivity index (χ1v) is 8.28. The molecule has 1 N–H and O–H groups in total. The van der Waals surface area contributed by atoms with E-state index >= 15 is 0 Å². The predicted octanol–water partition coefficient (Wildman–Crippen LogP) is -0.207. The van der Waals surface area contributed by atoms with Crippen LogP contribution in [-0.4, -0.2) is 62.9 Å². The highest BCUT2D eigenvalue weighted by Crippen LogP contribution is 2.19. The van der Waals surface area contributed by atoms with Crippen LogP contribution in [0, 0.1) is 11.3 Å². The summed E-state index contributed by atoms with van der Waals surface area (Å²) in [5, 5.41) is 11.7. The van der Waals surface area contributed by atoms with Crippen molar-refractivity contribution in [2.75, 3.05) is 26.0 Å². The van der Waals surface area contributed by atoms with Gasteiger partial charge in [-0.2, -0.15) is 13.7 Å². The molecule has 1 fully saturated rings. The Bertz CT molecular complexity index is 529. The molecule has 0 unspecified atom stereocenters. The van der Waals surface area contributed by atoms with Crippen molar-refractivity contribution >= 4 is 16.0 Å². The number of rotatable bonds is 6. The predicted molar refractivity (Wildman–Crippen MR) is 73.5 cm³/mol. The fraction of sp³-hybridized carbons (Fsp3) is 0.833. The first-order chi connectivity index (χ1) is 9.54. The molecule has 0 saturated carbocycles. The first-order valence-electron chi connectivity index (χ1n) is 6.46. The smallest absolute Gasteiger partial charge is 0.264 e. The highest BCUT2D eigenvalue weighted by atomic mass is 32.2. The lowest BCUT2D eigenvalue weighted by molar-refractivity contribution is -0.130. The zero-order valence-corrected chi connectivity index (χ0v) is 13.1. The fourth-order valence-electron chi connectivity index (χ4n) is 1.90. The molecule has 9 heteroatoms. The second kappa shape index (κ2) is 6.68. The molecule has 1 rings (SSSR count). The van der Waals surface area contributed by atoms with Gasteiger partial charge < -0.3 is 10.2 Å². The molecule has 2 atom stereocenters. The number of carbonyl (C=O) groups is 1. The number of hydrogen-bond acceptors (Lipinski definition) is 6. The van der Waals surface area contributed by atoms with E-state index in [9.17, 15) is 17.6 Å². The number of alkyl halides is 1. The zero-order chi connectivity index (χ0) is 16.3. The summed E-state index contributed by atoms with van der Waals surface area (Å²) in [7, 11) is -3.56. The van der Waals surface area contributed by atoms with Crippen LogP contribution in [0.4, 0.5) is 4.39 Å². The Labute approximate surface area is 124 Å². The Hall–Kier alpha value is -1.24. The van der Waals surface area contributed by atoms with Gasteiger partial charge >= 0.3 is 0 Å². The zero-order valence-electron chi connectivity index (χ0n) is 12.3. The highest BCUT2D eigenvalue weighted by molar-refractivity contribution is 7.85. The van der Waals surface area contributed by atoms with Gasteiger partial charge in [-0.25, -0.2) is 4.39 Å². The number of hydrogen-bond donors (Lipinski definition) is 1. The molecule has 0 aromatic rings. The summed E-state index contributed by atoms with van der Waals surface area (Å²) in [6.07, 6.45) is -0.208. The summed E-state index contributed by atoms with van der Waals surface area (Å²) < 4.78 is 39.8. The minimum absolute atomic E-state index is 0.0306. The van der Waals surface area contributed by atoms with Gasteiger partial charge in [0.25, 0.3) is 10.1 Å². The molecule has 0 aliphatic carbocycles. The topological polar surface area (TPSA) is 99.5 Å². The van der Waals surface area contributed by atoms with Gasteiger partial charge in [-0.3, -0.25) is 8.98 Å². The second-order valence-corrected chi connectivity index (χ2v) is 7.37. The number of carbonyl (C=O) groups excluding carboxylic acids is 1. The number of amides is 1. The normalized spacial score (nSPS) is 23.1. The lowest BCUT2D eigenvalue weighted by atomic mass is 10.1. The molecule has 1 aliphatic heterocycles. The van der Waals surface area contributed by atoms with E-state index in [1.807, 2.05) is 6.07 Å². The van der Waals surface area contributed by atoms with Crippen LogP contribution in [0.25, 0.3) is 0 Å². The molecule has 21 heavy (non-hydrogen) atoms. The van der Waals surface area contributed by atoms with E-state index in [0.29, 0.717) is 0 Å². The Morgan fingerprint density at radius 3 is 2.71 bits per heavy atom. The summed E-state index contributed by atoms with van der Waals surface area (Å²) in [6.45, 7) is 3.01. The third-order valence-electron chi connectivity index (χ3n) is 3.07. The quantitative estimate of drug-likeness (QED) is 0.680. The van der Waals surface area contributed by atoms with Crippen molar-refractivity contribution in [3.63, 3.8) is 0 Å². The third kappa shape index (κ3) is 5.95. The summed E-state index contributed by atoms with van der Waals surface area (Å²) >= 11 is 0. The SMILES string of the molecule is CC(C)(COS(C)(=O)=O)NCC(=O)N1C[C@@H](F)C[C@H]1C#N. The Kier molecular flexibility index (Phi) is 5.67. The average Bonchev–Trinajstić information content (AvgIpc) is 2.74. The van der Waals surface area contributed by atoms with Crippen molar-refractivity contribution in [1.82, 2.24) is 10.2 Å². The van der Waals surface area contributed by atoms with Gasteiger partial charge in [0.15, 0.2) is 0 Å². The summed E-state index contributed by atoms with van der Waals surface area (Å²) in [4.78, 5) is 13.2. The van der Waals surface area contributed by atoms with Crippen molar-refractivity contribution in [2.24, 2.45) is 0 Å². The molecule has 1 saturated heterocycles. The van der Waals surface area contributed by atoms with Gasteiger partial charge in [-0.1, -0.05) is 0 Å². The Morgan fingerprint density at radius 1 is 1.57 bits per heavy atom. The minimum Gasteiger partial charge on any atom is -0.323 e. The van der Waals surface area contributed by atoms with E-state index in [0.717, 1.165) is 6.26 Å². The third-order valence-corrected chi connectivity index (χ3v) is 3.62. The maximum atomic E-state index is 13.2. The van der Waals surface area contributed by atoms with Crippen molar-refractivity contribution < 1.29 is 21.8 Å². The van der Waals surface area contributed by atoms with E-state index in [1.54, 1.807) is 13.8 Å². The van der Waals surface area contributed by atoms with Gasteiger partial charge in [-0.15, -0.1) is 0 Å². The van der Waals surface area contributed by atoms with Gasteiger partial charge in [0, 0.05) is 12.0 Å². The van der Waals surface area contributed by atoms with Crippen molar-refractivity contribution in [3.8, 4) is 6.07 Å². The van der Waals surface area contributed by atoms with E-state index in [-0.39, 0.29) is 26.1 Å². The Balaban J connectivity index is 2.50. The molecule has 0 radical (unpaired) electrons. The molecular weight excluding hydrogens is 301 g/mol. The standard InChI is InChI=1S/C12H20FN3O4S/c1-12(2,8-20-21(3,18)19)15-6-11(17)16-7-9(13)4-10(16)5-14/h9-10,15H,4,6-8H2,1-3H3/t9-,10-/m0/s1. The van der Waals surface area contributed by atoms with Crippen LogP contribution in [0.5, 0.6) is 0 Å². The molecule has 0 spiro atoms. The number of likely N-dealkylation sites (tertiary alicyclic amines) is 1. The lowest BCUT2D eigenvalue weighted by Crippen LogP contribution is -2.50. The summed E-state index contributed by atoms with van der Waals surface area (Å²) in [5.41, 5.74) is -0.754. The van der Waals surface area contributed by atoms with Gasteiger partial charge in [0.05, 0.1) is 32.0 Å². The molecule has 1 aliphatic rings. The number of nitrogens with one attached hydrogen (secondary N) is 1. The van der Waals surface area contributed by atoms with E-state index < -0.39 is 33.8 Å². The monoisotopic (exact) mass is 321 g/mol. The van der Waals surface area contributed by atoms with Crippen molar-refractivity contribution in [2.45, 2.75) is 38.0 Å². The second-order valence-electron chi connectivity index (χ2n) is 5.73. The van der Waals surface area contributed by atoms with Crippen molar-refractivity contribution in [1.29, 1.82) is 5.26 Å². The van der Waals surface area contributed by atoms with Crippen molar-refractivity contribution in [3.05, 3.63) is 0 Å². The maximum Gasteiger partial charge on any atom is 0.264 e. The molecule has 0 aromatic carbocycles. The van der Waals surface area contributed by atoms with Crippen LogP contribution in [-0.2, 0) is 19.1 Å². The van der Waals surface area contributed by atoms with Crippen LogP contribution in [0.1, 0.15) is 20.3 Å². The van der Waals surface area contributed by atoms with Gasteiger partial charge in [-0.05, 0) is 13.8 Å². The maximum absolute atomic E-state index is 13.2. The summed E-state index contributed by atoms with van der Waals surface area (Å²) in [6, 6.07) is 1.16. The van der Waals surface area contributed by atoms with Crippen LogP contribution in [0.15, 0.2) is 0 Å². The fourth-order valence-corrected chi connectivity index (χ4v) is 2.41. The molecule has 1 heterocycles. The highest BCUT2D eigenvalue weighted by Gasteiger charge is 2.35. The van der Waals surface area contributed by atoms with Crippen LogP contribution < -0.4 is 5.32 Å². The molecule has 0 bridgehead atoms. The molecular formula is C12H20FN3O4S. The van der Waals surface area contributed by atoms with Crippen LogP contribution in [0.2, 0.25) is 0 Å². The lowest BCUT2D eigenvalue weighted by Gasteiger charge is -2.27. The van der Waals surface area contributed by atoms with Gasteiger partial charge in [0.1, 0.15) is 12.2 Å². The summed E-state index contributed by atoms with van der Waals surface area (Å²) in [5.74, 6) is -0.394. The number of halogens is 1. The van der Waals surface area contributed by atoms with Crippen LogP contribution >= 0.6 is 0 Å². The molecule has 0 aromatic heterocycles. The molecule has 1 amide bonds. The average molecular weight is 321 g/mol.